The van der Waals surface area contributed by atoms with Crippen molar-refractivity contribution >= 4 is 10.8 Å². The number of nitrogens with zero attached hydrogens (tertiary/aromatic N) is 2. The normalized spacial score (nSPS) is 10.9. The van der Waals surface area contributed by atoms with Crippen LogP contribution in [0.4, 0.5) is 0 Å². The van der Waals surface area contributed by atoms with Crippen LogP contribution in [0.2, 0.25) is 0 Å². The Hall–Kier alpha value is -2.16. The Labute approximate surface area is 99.1 Å². The first-order valence-electron chi connectivity index (χ1n) is 5.55. The number of rotatable bonds is 1. The molecule has 84 valence electrons. The molecule has 0 N–H and O–H groups in total. The molecule has 1 heterocycles. The number of hydrogen-bond donors (Lipinski definition) is 0. The van der Waals surface area contributed by atoms with Gasteiger partial charge in [-0.3, -0.25) is 0 Å². The minimum atomic E-state index is 0.588. The predicted molar refractivity (Wildman–Crippen MR) is 66.7 cm³/mol. The summed E-state index contributed by atoms with van der Waals surface area (Å²) < 4.78 is 5.04. The maximum absolute atomic E-state index is 5.04. The average molecular weight is 224 g/mol. The smallest absolute Gasteiger partial charge is 0.223 e. The van der Waals surface area contributed by atoms with Crippen LogP contribution in [0.25, 0.3) is 22.2 Å². The highest BCUT2D eigenvalue weighted by Crippen LogP contribution is 2.28. The summed E-state index contributed by atoms with van der Waals surface area (Å²) in [6.07, 6.45) is 0. The van der Waals surface area contributed by atoms with E-state index < -0.39 is 0 Å². The second-order valence-electron chi connectivity index (χ2n) is 4.11. The second-order valence-corrected chi connectivity index (χ2v) is 4.11. The molecule has 3 heteroatoms. The summed E-state index contributed by atoms with van der Waals surface area (Å²) in [5.74, 6) is 1.24. The lowest BCUT2D eigenvalue weighted by Gasteiger charge is -2.05. The molecule has 0 atom stereocenters. The van der Waals surface area contributed by atoms with Gasteiger partial charge in [0.2, 0.25) is 11.7 Å². The van der Waals surface area contributed by atoms with Gasteiger partial charge in [-0.25, -0.2) is 0 Å². The molecule has 0 saturated carbocycles. The zero-order valence-corrected chi connectivity index (χ0v) is 9.77. The molecule has 0 aliphatic carbocycles. The highest BCUT2D eigenvalue weighted by Gasteiger charge is 2.10. The maximum atomic E-state index is 5.04. The fourth-order valence-electron chi connectivity index (χ4n) is 2.05. The van der Waals surface area contributed by atoms with Crippen LogP contribution in [-0.4, -0.2) is 10.1 Å². The second kappa shape index (κ2) is 3.70. The van der Waals surface area contributed by atoms with Crippen molar-refractivity contribution in [3.8, 4) is 11.4 Å². The van der Waals surface area contributed by atoms with E-state index in [-0.39, 0.29) is 0 Å². The molecule has 0 amide bonds. The topological polar surface area (TPSA) is 38.9 Å². The fourth-order valence-corrected chi connectivity index (χ4v) is 2.05. The summed E-state index contributed by atoms with van der Waals surface area (Å²) in [6, 6.07) is 12.4. The van der Waals surface area contributed by atoms with Crippen molar-refractivity contribution in [2.24, 2.45) is 0 Å². The van der Waals surface area contributed by atoms with E-state index >= 15 is 0 Å². The summed E-state index contributed by atoms with van der Waals surface area (Å²) in [5, 5.41) is 6.37. The van der Waals surface area contributed by atoms with Gasteiger partial charge in [0.25, 0.3) is 0 Å². The first-order valence-corrected chi connectivity index (χ1v) is 5.55. The molecule has 0 spiro atoms. The van der Waals surface area contributed by atoms with Crippen LogP contribution in [0.3, 0.4) is 0 Å². The molecule has 17 heavy (non-hydrogen) atoms. The van der Waals surface area contributed by atoms with Gasteiger partial charge in [-0.1, -0.05) is 41.6 Å². The lowest BCUT2D eigenvalue weighted by Crippen LogP contribution is -1.86. The summed E-state index contributed by atoms with van der Waals surface area (Å²) in [5.41, 5.74) is 2.27. The summed E-state index contributed by atoms with van der Waals surface area (Å²) in [4.78, 5) is 4.28. The predicted octanol–water partition coefficient (Wildman–Crippen LogP) is 3.51. The van der Waals surface area contributed by atoms with Crippen molar-refractivity contribution in [2.75, 3.05) is 0 Å². The van der Waals surface area contributed by atoms with Crippen molar-refractivity contribution < 1.29 is 4.52 Å². The molecule has 0 aliphatic heterocycles. The van der Waals surface area contributed by atoms with E-state index in [1.165, 1.54) is 10.9 Å². The molecule has 0 fully saturated rings. The number of aromatic nitrogens is 2. The van der Waals surface area contributed by atoms with E-state index in [9.17, 15) is 0 Å². The van der Waals surface area contributed by atoms with Gasteiger partial charge in [-0.05, 0) is 23.3 Å². The first kappa shape index (κ1) is 10.0. The highest BCUT2D eigenvalue weighted by atomic mass is 16.5. The Morgan fingerprint density at radius 2 is 1.71 bits per heavy atom. The van der Waals surface area contributed by atoms with Gasteiger partial charge in [-0.15, -0.1) is 0 Å². The minimum absolute atomic E-state index is 0.588. The molecular weight excluding hydrogens is 212 g/mol. The first-order chi connectivity index (χ1) is 8.25. The average Bonchev–Trinajstić information content (AvgIpc) is 2.77. The van der Waals surface area contributed by atoms with Crippen molar-refractivity contribution in [1.29, 1.82) is 0 Å². The van der Waals surface area contributed by atoms with Crippen molar-refractivity contribution in [3.63, 3.8) is 0 Å². The number of hydrogen-bond acceptors (Lipinski definition) is 3. The van der Waals surface area contributed by atoms with Crippen LogP contribution in [0.15, 0.2) is 40.9 Å². The number of fused-ring (bicyclic) bond motifs is 1. The zero-order valence-electron chi connectivity index (χ0n) is 9.77. The molecule has 0 unspecified atom stereocenters. The Bertz CT molecular complexity index is 686. The van der Waals surface area contributed by atoms with Gasteiger partial charge in [-0.2, -0.15) is 4.98 Å². The molecule has 0 aliphatic rings. The monoisotopic (exact) mass is 224 g/mol. The lowest BCUT2D eigenvalue weighted by molar-refractivity contribution is 0.394. The molecule has 0 saturated heterocycles. The van der Waals surface area contributed by atoms with Crippen molar-refractivity contribution in [1.82, 2.24) is 10.1 Å². The quantitative estimate of drug-likeness (QED) is 0.635. The molecule has 3 rings (SSSR count). The Balaban J connectivity index is 2.34. The van der Waals surface area contributed by atoms with Crippen LogP contribution in [-0.2, 0) is 0 Å². The van der Waals surface area contributed by atoms with E-state index in [0.29, 0.717) is 11.7 Å². The molecule has 0 bridgehead atoms. The van der Waals surface area contributed by atoms with Crippen LogP contribution in [0.5, 0.6) is 0 Å². The van der Waals surface area contributed by atoms with Crippen molar-refractivity contribution in [2.45, 2.75) is 13.8 Å². The van der Waals surface area contributed by atoms with Gasteiger partial charge in [0.15, 0.2) is 0 Å². The Morgan fingerprint density at radius 3 is 2.41 bits per heavy atom. The Morgan fingerprint density at radius 1 is 0.941 bits per heavy atom. The van der Waals surface area contributed by atoms with E-state index in [1.807, 2.05) is 18.2 Å². The van der Waals surface area contributed by atoms with E-state index in [1.54, 1.807) is 6.92 Å². The van der Waals surface area contributed by atoms with Crippen LogP contribution >= 0.6 is 0 Å². The lowest BCUT2D eigenvalue weighted by atomic mass is 10.00. The van der Waals surface area contributed by atoms with E-state index in [0.717, 1.165) is 10.9 Å². The van der Waals surface area contributed by atoms with Gasteiger partial charge in [0, 0.05) is 12.5 Å². The van der Waals surface area contributed by atoms with Gasteiger partial charge in [0.05, 0.1) is 0 Å². The third kappa shape index (κ3) is 1.60. The number of aryl methyl sites for hydroxylation is 2. The van der Waals surface area contributed by atoms with E-state index in [4.69, 9.17) is 4.52 Å². The molecule has 2 aromatic carbocycles. The van der Waals surface area contributed by atoms with Crippen molar-refractivity contribution in [3.05, 3.63) is 47.9 Å². The molecule has 0 radical (unpaired) electrons. The summed E-state index contributed by atoms with van der Waals surface area (Å²) in [6.45, 7) is 3.90. The van der Waals surface area contributed by atoms with Crippen LogP contribution in [0, 0.1) is 13.8 Å². The van der Waals surface area contributed by atoms with Gasteiger partial charge < -0.3 is 4.52 Å². The van der Waals surface area contributed by atoms with Gasteiger partial charge >= 0.3 is 0 Å². The highest BCUT2D eigenvalue weighted by molar-refractivity contribution is 5.96. The minimum Gasteiger partial charge on any atom is -0.339 e. The third-order valence-corrected chi connectivity index (χ3v) is 2.91. The standard InChI is InChI=1S/C14H12N2O/c1-9-7-8-13(14-15-10(2)17-16-14)12-6-4-3-5-11(9)12/h3-8H,1-2H3. The van der Waals surface area contributed by atoms with E-state index in [2.05, 4.69) is 35.3 Å². The van der Waals surface area contributed by atoms with Crippen LogP contribution in [0.1, 0.15) is 11.5 Å². The van der Waals surface area contributed by atoms with Gasteiger partial charge in [0.1, 0.15) is 0 Å². The fraction of sp³-hybridized carbons (Fsp3) is 0.143. The number of benzene rings is 2. The zero-order chi connectivity index (χ0) is 11.8. The van der Waals surface area contributed by atoms with Crippen LogP contribution < -0.4 is 0 Å². The summed E-state index contributed by atoms with van der Waals surface area (Å²) in [7, 11) is 0. The molecular formula is C14H12N2O. The SMILES string of the molecule is Cc1nc(-c2ccc(C)c3ccccc23)no1. The summed E-state index contributed by atoms with van der Waals surface area (Å²) >= 11 is 0. The molecule has 3 aromatic rings. The third-order valence-electron chi connectivity index (χ3n) is 2.91. The maximum Gasteiger partial charge on any atom is 0.223 e. The largest absolute Gasteiger partial charge is 0.339 e. The molecule has 1 aromatic heterocycles. The Kier molecular flexibility index (Phi) is 2.18. The molecule has 3 nitrogen and oxygen atoms in total.